The number of nitro groups is 1. The number of aromatic nitrogens is 1. The maximum atomic E-state index is 10.0. The molecule has 0 aliphatic heterocycles. The fourth-order valence-electron chi connectivity index (χ4n) is 1.16. The first-order chi connectivity index (χ1) is 6.68. The minimum atomic E-state index is -0.277. The zero-order valence-corrected chi connectivity index (χ0v) is 8.63. The molecule has 0 radical (unpaired) electrons. The Labute approximate surface area is 86.1 Å². The molecule has 0 aromatic carbocycles. The lowest BCUT2D eigenvalue weighted by Crippen LogP contribution is -2.00. The smallest absolute Gasteiger partial charge is 0.203 e. The van der Waals surface area contributed by atoms with Crippen LogP contribution >= 0.6 is 11.3 Å². The molecule has 0 spiro atoms. The number of thiazole rings is 1. The Bertz CT molecular complexity index is 301. The van der Waals surface area contributed by atoms with Crippen molar-refractivity contribution in [3.8, 4) is 0 Å². The SMILES string of the molecule is Nc1nc(CCCCC[N+](=O)[O-])cs1. The molecule has 1 heterocycles. The lowest BCUT2D eigenvalue weighted by molar-refractivity contribution is -0.480. The minimum absolute atomic E-state index is 0.0687. The molecule has 0 atom stereocenters. The molecule has 78 valence electrons. The molecular weight excluding hydrogens is 202 g/mol. The molecule has 0 aliphatic carbocycles. The van der Waals surface area contributed by atoms with Crippen molar-refractivity contribution in [1.29, 1.82) is 0 Å². The molecule has 0 fully saturated rings. The molecule has 0 amide bonds. The van der Waals surface area contributed by atoms with Gasteiger partial charge in [0.05, 0.1) is 5.69 Å². The van der Waals surface area contributed by atoms with Gasteiger partial charge in [-0.05, 0) is 19.3 Å². The standard InChI is InChI=1S/C8H13N3O2S/c9-8-10-7(6-14-8)4-2-1-3-5-11(12)13/h6H,1-5H2,(H2,9,10). The Morgan fingerprint density at radius 2 is 2.29 bits per heavy atom. The molecule has 0 saturated heterocycles. The Balaban J connectivity index is 2.07. The van der Waals surface area contributed by atoms with E-state index in [0.717, 1.165) is 25.0 Å². The molecule has 14 heavy (non-hydrogen) atoms. The lowest BCUT2D eigenvalue weighted by Gasteiger charge is -1.95. The first-order valence-corrected chi connectivity index (χ1v) is 5.38. The highest BCUT2D eigenvalue weighted by atomic mass is 32.1. The van der Waals surface area contributed by atoms with Gasteiger partial charge in [0.25, 0.3) is 0 Å². The summed E-state index contributed by atoms with van der Waals surface area (Å²) in [5.41, 5.74) is 6.46. The second-order valence-corrected chi connectivity index (χ2v) is 3.93. The Morgan fingerprint density at radius 1 is 1.50 bits per heavy atom. The predicted molar refractivity (Wildman–Crippen MR) is 55.9 cm³/mol. The van der Waals surface area contributed by atoms with Crippen LogP contribution in [0.4, 0.5) is 5.13 Å². The first kappa shape index (κ1) is 10.9. The van der Waals surface area contributed by atoms with Crippen molar-refractivity contribution in [2.24, 2.45) is 0 Å². The van der Waals surface area contributed by atoms with E-state index in [1.807, 2.05) is 5.38 Å². The molecule has 6 heteroatoms. The molecule has 0 saturated carbocycles. The lowest BCUT2D eigenvalue weighted by atomic mass is 10.1. The van der Waals surface area contributed by atoms with Gasteiger partial charge in [0.2, 0.25) is 6.54 Å². The van der Waals surface area contributed by atoms with E-state index < -0.39 is 0 Å². The fourth-order valence-corrected chi connectivity index (χ4v) is 1.76. The zero-order chi connectivity index (χ0) is 10.4. The van der Waals surface area contributed by atoms with Crippen LogP contribution < -0.4 is 5.73 Å². The van der Waals surface area contributed by atoms with Gasteiger partial charge in [-0.2, -0.15) is 0 Å². The van der Waals surface area contributed by atoms with E-state index in [-0.39, 0.29) is 11.5 Å². The Kier molecular flexibility index (Phi) is 4.31. The number of anilines is 1. The number of rotatable bonds is 6. The second kappa shape index (κ2) is 5.54. The Hall–Kier alpha value is -1.17. The van der Waals surface area contributed by atoms with E-state index in [1.54, 1.807) is 0 Å². The number of nitrogens with two attached hydrogens (primary N) is 1. The molecule has 0 bridgehead atoms. The van der Waals surface area contributed by atoms with Crippen molar-refractivity contribution in [2.75, 3.05) is 12.3 Å². The highest BCUT2D eigenvalue weighted by molar-refractivity contribution is 7.13. The van der Waals surface area contributed by atoms with Crippen molar-refractivity contribution in [3.63, 3.8) is 0 Å². The molecule has 0 aliphatic rings. The van der Waals surface area contributed by atoms with Crippen LogP contribution in [-0.4, -0.2) is 16.5 Å². The highest BCUT2D eigenvalue weighted by Crippen LogP contribution is 2.13. The minimum Gasteiger partial charge on any atom is -0.375 e. The molecule has 0 unspecified atom stereocenters. The van der Waals surface area contributed by atoms with E-state index in [0.29, 0.717) is 11.6 Å². The van der Waals surface area contributed by atoms with Gasteiger partial charge >= 0.3 is 0 Å². The molecule has 2 N–H and O–H groups in total. The summed E-state index contributed by atoms with van der Waals surface area (Å²) in [6, 6.07) is 0. The third kappa shape index (κ3) is 4.18. The molecule has 1 rings (SSSR count). The van der Waals surface area contributed by atoms with E-state index in [9.17, 15) is 10.1 Å². The van der Waals surface area contributed by atoms with Crippen LogP contribution in [0.5, 0.6) is 0 Å². The molecular formula is C8H13N3O2S. The van der Waals surface area contributed by atoms with Gasteiger partial charge in [-0.25, -0.2) is 4.98 Å². The van der Waals surface area contributed by atoms with E-state index in [1.165, 1.54) is 11.3 Å². The van der Waals surface area contributed by atoms with Crippen LogP contribution in [0.3, 0.4) is 0 Å². The maximum absolute atomic E-state index is 10.0. The van der Waals surface area contributed by atoms with Gasteiger partial charge < -0.3 is 5.73 Å². The molecule has 5 nitrogen and oxygen atoms in total. The van der Waals surface area contributed by atoms with Gasteiger partial charge in [0.15, 0.2) is 5.13 Å². The predicted octanol–water partition coefficient (Wildman–Crippen LogP) is 1.71. The topological polar surface area (TPSA) is 82.0 Å². The second-order valence-electron chi connectivity index (χ2n) is 3.04. The number of nitrogens with zero attached hydrogens (tertiary/aromatic N) is 2. The average molecular weight is 215 g/mol. The maximum Gasteiger partial charge on any atom is 0.203 e. The van der Waals surface area contributed by atoms with E-state index in [2.05, 4.69) is 4.98 Å². The largest absolute Gasteiger partial charge is 0.375 e. The van der Waals surface area contributed by atoms with Gasteiger partial charge in [-0.1, -0.05) is 0 Å². The van der Waals surface area contributed by atoms with Crippen molar-refractivity contribution in [3.05, 3.63) is 21.2 Å². The summed E-state index contributed by atoms with van der Waals surface area (Å²) in [6.45, 7) is 0.0687. The van der Waals surface area contributed by atoms with Gasteiger partial charge in [-0.3, -0.25) is 10.1 Å². The van der Waals surface area contributed by atoms with Crippen molar-refractivity contribution in [1.82, 2.24) is 4.98 Å². The van der Waals surface area contributed by atoms with Crippen LogP contribution in [0.15, 0.2) is 5.38 Å². The fraction of sp³-hybridized carbons (Fsp3) is 0.625. The number of unbranched alkanes of at least 4 members (excludes halogenated alkanes) is 2. The number of hydrogen-bond acceptors (Lipinski definition) is 5. The summed E-state index contributed by atoms with van der Waals surface area (Å²) in [7, 11) is 0. The normalized spacial score (nSPS) is 10.3. The van der Waals surface area contributed by atoms with Crippen LogP contribution in [0.1, 0.15) is 25.0 Å². The van der Waals surface area contributed by atoms with Crippen molar-refractivity contribution in [2.45, 2.75) is 25.7 Å². The van der Waals surface area contributed by atoms with Gasteiger partial charge in [0, 0.05) is 16.7 Å². The number of aryl methyl sites for hydroxylation is 1. The number of nitrogen functional groups attached to an aromatic ring is 1. The Morgan fingerprint density at radius 3 is 2.86 bits per heavy atom. The molecule has 1 aromatic heterocycles. The van der Waals surface area contributed by atoms with Gasteiger partial charge in [-0.15, -0.1) is 11.3 Å². The van der Waals surface area contributed by atoms with Crippen LogP contribution in [-0.2, 0) is 6.42 Å². The van der Waals surface area contributed by atoms with Crippen LogP contribution in [0.2, 0.25) is 0 Å². The summed E-state index contributed by atoms with van der Waals surface area (Å²) in [6.07, 6.45) is 3.33. The van der Waals surface area contributed by atoms with Crippen LogP contribution in [0.25, 0.3) is 0 Å². The summed E-state index contributed by atoms with van der Waals surface area (Å²) in [5, 5.41) is 12.5. The quantitative estimate of drug-likeness (QED) is 0.445. The summed E-state index contributed by atoms with van der Waals surface area (Å²) in [4.78, 5) is 13.8. The van der Waals surface area contributed by atoms with Crippen LogP contribution in [0, 0.1) is 10.1 Å². The van der Waals surface area contributed by atoms with E-state index in [4.69, 9.17) is 5.73 Å². The zero-order valence-electron chi connectivity index (χ0n) is 7.81. The summed E-state index contributed by atoms with van der Waals surface area (Å²) in [5.74, 6) is 0. The van der Waals surface area contributed by atoms with Crippen molar-refractivity contribution < 1.29 is 4.92 Å². The van der Waals surface area contributed by atoms with Crippen molar-refractivity contribution >= 4 is 16.5 Å². The van der Waals surface area contributed by atoms with Gasteiger partial charge in [0.1, 0.15) is 0 Å². The first-order valence-electron chi connectivity index (χ1n) is 4.50. The highest BCUT2D eigenvalue weighted by Gasteiger charge is 2.00. The molecule has 1 aromatic rings. The third-order valence-electron chi connectivity index (χ3n) is 1.84. The summed E-state index contributed by atoms with van der Waals surface area (Å²) < 4.78 is 0. The number of hydrogen-bond donors (Lipinski definition) is 1. The monoisotopic (exact) mass is 215 g/mol. The average Bonchev–Trinajstić information content (AvgIpc) is 2.50. The summed E-state index contributed by atoms with van der Waals surface area (Å²) >= 11 is 1.43. The third-order valence-corrected chi connectivity index (χ3v) is 2.57. The van der Waals surface area contributed by atoms with E-state index >= 15 is 0 Å².